The normalized spacial score (nSPS) is 23.4. The second-order valence-electron chi connectivity index (χ2n) is 5.84. The van der Waals surface area contributed by atoms with Crippen LogP contribution in [-0.4, -0.2) is 40.3 Å². The minimum absolute atomic E-state index is 0.247. The van der Waals surface area contributed by atoms with E-state index in [4.69, 9.17) is 9.26 Å². The van der Waals surface area contributed by atoms with Gasteiger partial charge in [-0.1, -0.05) is 22.9 Å². The topological polar surface area (TPSA) is 51.4 Å². The van der Waals surface area contributed by atoms with Crippen molar-refractivity contribution in [2.45, 2.75) is 39.5 Å². The minimum atomic E-state index is 0.247. The SMILES string of the molecule is Cc1cccc(-c2nc(CN3C[C@H](C)O[C@@H](C)C3)no2)c1. The molecule has 0 spiro atoms. The van der Waals surface area contributed by atoms with Crippen LogP contribution in [0.25, 0.3) is 11.5 Å². The standard InChI is InChI=1S/C16H21N3O2/c1-11-5-4-6-14(7-11)16-17-15(18-21-16)10-19-8-12(2)20-13(3)9-19/h4-7,12-13H,8-10H2,1-3H3/t12-,13-/m0/s1. The van der Waals surface area contributed by atoms with E-state index in [1.54, 1.807) is 0 Å². The van der Waals surface area contributed by atoms with Crippen molar-refractivity contribution >= 4 is 0 Å². The van der Waals surface area contributed by atoms with E-state index in [9.17, 15) is 0 Å². The third kappa shape index (κ3) is 3.49. The van der Waals surface area contributed by atoms with E-state index in [1.165, 1.54) is 5.56 Å². The number of aryl methyl sites for hydroxylation is 1. The molecule has 1 aromatic heterocycles. The lowest BCUT2D eigenvalue weighted by molar-refractivity contribution is -0.0711. The summed E-state index contributed by atoms with van der Waals surface area (Å²) in [6, 6.07) is 8.09. The van der Waals surface area contributed by atoms with Gasteiger partial charge < -0.3 is 9.26 Å². The molecule has 0 saturated carbocycles. The number of ether oxygens (including phenoxy) is 1. The van der Waals surface area contributed by atoms with Crippen molar-refractivity contribution in [3.8, 4) is 11.5 Å². The smallest absolute Gasteiger partial charge is 0.257 e. The summed E-state index contributed by atoms with van der Waals surface area (Å²) < 4.78 is 11.1. The van der Waals surface area contributed by atoms with Gasteiger partial charge in [0.05, 0.1) is 18.8 Å². The number of benzene rings is 1. The summed E-state index contributed by atoms with van der Waals surface area (Å²) in [5.74, 6) is 1.32. The van der Waals surface area contributed by atoms with Crippen LogP contribution in [0.5, 0.6) is 0 Å². The lowest BCUT2D eigenvalue weighted by Gasteiger charge is -2.34. The Kier molecular flexibility index (Phi) is 4.03. The highest BCUT2D eigenvalue weighted by molar-refractivity contribution is 5.53. The Morgan fingerprint density at radius 3 is 2.71 bits per heavy atom. The summed E-state index contributed by atoms with van der Waals surface area (Å²) in [5, 5.41) is 4.10. The Morgan fingerprint density at radius 1 is 1.24 bits per heavy atom. The Labute approximate surface area is 124 Å². The first-order chi connectivity index (χ1) is 10.1. The van der Waals surface area contributed by atoms with Crippen molar-refractivity contribution in [2.24, 2.45) is 0 Å². The molecule has 5 heteroatoms. The quantitative estimate of drug-likeness (QED) is 0.868. The first-order valence-corrected chi connectivity index (χ1v) is 7.37. The third-order valence-corrected chi connectivity index (χ3v) is 3.59. The van der Waals surface area contributed by atoms with Crippen LogP contribution >= 0.6 is 0 Å². The zero-order valence-electron chi connectivity index (χ0n) is 12.7. The van der Waals surface area contributed by atoms with Gasteiger partial charge in [0.15, 0.2) is 5.82 Å². The largest absolute Gasteiger partial charge is 0.373 e. The van der Waals surface area contributed by atoms with Crippen molar-refractivity contribution in [3.05, 3.63) is 35.7 Å². The summed E-state index contributed by atoms with van der Waals surface area (Å²) >= 11 is 0. The molecule has 1 aliphatic heterocycles. The van der Waals surface area contributed by atoms with Gasteiger partial charge in [-0.15, -0.1) is 0 Å². The Hall–Kier alpha value is -1.72. The maximum Gasteiger partial charge on any atom is 0.257 e. The van der Waals surface area contributed by atoms with Gasteiger partial charge in [0.2, 0.25) is 0 Å². The zero-order chi connectivity index (χ0) is 14.8. The van der Waals surface area contributed by atoms with Crippen LogP contribution in [-0.2, 0) is 11.3 Å². The van der Waals surface area contributed by atoms with E-state index in [1.807, 2.05) is 12.1 Å². The van der Waals surface area contributed by atoms with Gasteiger partial charge in [0.1, 0.15) is 0 Å². The maximum atomic E-state index is 5.74. The summed E-state index contributed by atoms with van der Waals surface area (Å²) in [6.45, 7) is 8.75. The molecule has 1 fully saturated rings. The molecule has 2 atom stereocenters. The van der Waals surface area contributed by atoms with Crippen molar-refractivity contribution in [1.29, 1.82) is 0 Å². The van der Waals surface area contributed by atoms with Crippen LogP contribution in [0.15, 0.2) is 28.8 Å². The van der Waals surface area contributed by atoms with Crippen LogP contribution in [0.2, 0.25) is 0 Å². The predicted molar refractivity (Wildman–Crippen MR) is 79.8 cm³/mol. The minimum Gasteiger partial charge on any atom is -0.373 e. The lowest BCUT2D eigenvalue weighted by Crippen LogP contribution is -2.44. The third-order valence-electron chi connectivity index (χ3n) is 3.59. The highest BCUT2D eigenvalue weighted by Crippen LogP contribution is 2.19. The predicted octanol–water partition coefficient (Wildman–Crippen LogP) is 2.65. The maximum absolute atomic E-state index is 5.74. The summed E-state index contributed by atoms with van der Waals surface area (Å²) in [6.07, 6.45) is 0.494. The average molecular weight is 287 g/mol. The fourth-order valence-corrected chi connectivity index (χ4v) is 2.83. The monoisotopic (exact) mass is 287 g/mol. The summed E-state index contributed by atoms with van der Waals surface area (Å²) in [7, 11) is 0. The van der Waals surface area contributed by atoms with Gasteiger partial charge in [0, 0.05) is 18.7 Å². The molecule has 3 rings (SSSR count). The molecule has 112 valence electrons. The van der Waals surface area contributed by atoms with Gasteiger partial charge in [-0.2, -0.15) is 4.98 Å². The zero-order valence-corrected chi connectivity index (χ0v) is 12.7. The molecule has 0 bridgehead atoms. The lowest BCUT2D eigenvalue weighted by atomic mass is 10.1. The van der Waals surface area contributed by atoms with Gasteiger partial charge in [-0.25, -0.2) is 0 Å². The summed E-state index contributed by atoms with van der Waals surface area (Å²) in [5.41, 5.74) is 2.15. The fraction of sp³-hybridized carbons (Fsp3) is 0.500. The molecule has 0 aliphatic carbocycles. The summed E-state index contributed by atoms with van der Waals surface area (Å²) in [4.78, 5) is 6.81. The molecule has 2 aromatic rings. The Bertz CT molecular complexity index is 601. The molecule has 0 amide bonds. The van der Waals surface area contributed by atoms with Crippen LogP contribution in [0, 0.1) is 6.92 Å². The molecule has 1 aromatic carbocycles. The number of morpholine rings is 1. The molecule has 0 radical (unpaired) electrons. The Morgan fingerprint density at radius 2 is 2.00 bits per heavy atom. The Balaban J connectivity index is 1.70. The first kappa shape index (κ1) is 14.2. The van der Waals surface area contributed by atoms with E-state index in [2.05, 4.69) is 47.9 Å². The van der Waals surface area contributed by atoms with Gasteiger partial charge in [0.25, 0.3) is 5.89 Å². The average Bonchev–Trinajstić information content (AvgIpc) is 2.86. The van der Waals surface area contributed by atoms with Crippen LogP contribution in [0.4, 0.5) is 0 Å². The number of hydrogen-bond donors (Lipinski definition) is 0. The van der Waals surface area contributed by atoms with Gasteiger partial charge in [-0.3, -0.25) is 4.90 Å². The van der Waals surface area contributed by atoms with E-state index in [0.717, 1.165) is 24.5 Å². The van der Waals surface area contributed by atoms with Crippen molar-refractivity contribution in [2.75, 3.05) is 13.1 Å². The molecule has 21 heavy (non-hydrogen) atoms. The van der Waals surface area contributed by atoms with E-state index >= 15 is 0 Å². The number of rotatable bonds is 3. The highest BCUT2D eigenvalue weighted by atomic mass is 16.5. The van der Waals surface area contributed by atoms with Crippen molar-refractivity contribution < 1.29 is 9.26 Å². The fourth-order valence-electron chi connectivity index (χ4n) is 2.83. The van der Waals surface area contributed by atoms with Crippen LogP contribution in [0.3, 0.4) is 0 Å². The van der Waals surface area contributed by atoms with E-state index < -0.39 is 0 Å². The van der Waals surface area contributed by atoms with Crippen LogP contribution < -0.4 is 0 Å². The molecular formula is C16H21N3O2. The molecule has 2 heterocycles. The van der Waals surface area contributed by atoms with Crippen molar-refractivity contribution in [1.82, 2.24) is 15.0 Å². The van der Waals surface area contributed by atoms with Gasteiger partial charge >= 0.3 is 0 Å². The second-order valence-corrected chi connectivity index (χ2v) is 5.84. The van der Waals surface area contributed by atoms with E-state index in [0.29, 0.717) is 12.4 Å². The molecule has 0 N–H and O–H groups in total. The molecule has 0 unspecified atom stereocenters. The number of nitrogens with zero attached hydrogens (tertiary/aromatic N) is 3. The van der Waals surface area contributed by atoms with Crippen molar-refractivity contribution in [3.63, 3.8) is 0 Å². The molecule has 1 saturated heterocycles. The van der Waals surface area contributed by atoms with Crippen LogP contribution in [0.1, 0.15) is 25.2 Å². The van der Waals surface area contributed by atoms with E-state index in [-0.39, 0.29) is 12.2 Å². The molecule has 1 aliphatic rings. The number of aromatic nitrogens is 2. The highest BCUT2D eigenvalue weighted by Gasteiger charge is 2.23. The molecular weight excluding hydrogens is 266 g/mol. The second kappa shape index (κ2) is 5.95. The molecule has 5 nitrogen and oxygen atoms in total. The first-order valence-electron chi connectivity index (χ1n) is 7.37. The number of hydrogen-bond acceptors (Lipinski definition) is 5. The van der Waals surface area contributed by atoms with Gasteiger partial charge in [-0.05, 0) is 32.9 Å².